The minimum atomic E-state index is -0.861. The van der Waals surface area contributed by atoms with Crippen molar-refractivity contribution in [3.05, 3.63) is 53.1 Å². The summed E-state index contributed by atoms with van der Waals surface area (Å²) in [7, 11) is 1.31. The third-order valence-corrected chi connectivity index (χ3v) is 5.41. The molecule has 1 atom stereocenters. The summed E-state index contributed by atoms with van der Waals surface area (Å²) < 4.78 is 27.7. The monoisotopic (exact) mass is 455 g/mol. The van der Waals surface area contributed by atoms with Crippen molar-refractivity contribution in [3.8, 4) is 17.2 Å². The molecular formula is C25H29NO7. The fourth-order valence-electron chi connectivity index (χ4n) is 3.92. The van der Waals surface area contributed by atoms with Gasteiger partial charge in [-0.25, -0.2) is 9.59 Å². The van der Waals surface area contributed by atoms with Crippen LogP contribution < -0.4 is 14.2 Å². The molecule has 33 heavy (non-hydrogen) atoms. The summed E-state index contributed by atoms with van der Waals surface area (Å²) in [6, 6.07) is 10.4. The Kier molecular flexibility index (Phi) is 6.35. The minimum Gasteiger partial charge on any atom is -0.489 e. The maximum absolute atomic E-state index is 12.7. The van der Waals surface area contributed by atoms with Gasteiger partial charge in [0.25, 0.3) is 0 Å². The molecule has 8 heteroatoms. The van der Waals surface area contributed by atoms with Gasteiger partial charge in [0.2, 0.25) is 0 Å². The van der Waals surface area contributed by atoms with Gasteiger partial charge in [0.05, 0.1) is 7.11 Å². The number of benzene rings is 2. The SMILES string of the molecule is COC(=O)[C@H]1c2ccc(OCc3ccc4c(c3)OCCO4)cc2CCN1C(=O)OC(C)(C)C. The molecule has 2 aliphatic heterocycles. The van der Waals surface area contributed by atoms with Crippen molar-refractivity contribution in [1.82, 2.24) is 4.90 Å². The zero-order valence-electron chi connectivity index (χ0n) is 19.4. The zero-order chi connectivity index (χ0) is 23.6. The highest BCUT2D eigenvalue weighted by Gasteiger charge is 2.39. The van der Waals surface area contributed by atoms with Crippen LogP contribution in [0.2, 0.25) is 0 Å². The van der Waals surface area contributed by atoms with Crippen LogP contribution in [0.25, 0.3) is 0 Å². The van der Waals surface area contributed by atoms with E-state index in [2.05, 4.69) is 0 Å². The summed E-state index contributed by atoms with van der Waals surface area (Å²) in [5.74, 6) is 1.63. The molecule has 2 aromatic carbocycles. The van der Waals surface area contributed by atoms with Gasteiger partial charge < -0.3 is 23.7 Å². The van der Waals surface area contributed by atoms with Crippen LogP contribution in [0.1, 0.15) is 43.5 Å². The van der Waals surface area contributed by atoms with Crippen LogP contribution in [-0.4, -0.2) is 49.4 Å². The first kappa shape index (κ1) is 22.8. The summed E-state index contributed by atoms with van der Waals surface area (Å²) in [6.07, 6.45) is 0.0333. The molecule has 0 fully saturated rings. The maximum atomic E-state index is 12.7. The lowest BCUT2D eigenvalue weighted by Crippen LogP contribution is -2.46. The quantitative estimate of drug-likeness (QED) is 0.643. The highest BCUT2D eigenvalue weighted by Crippen LogP contribution is 2.35. The summed E-state index contributed by atoms with van der Waals surface area (Å²) >= 11 is 0. The molecule has 0 radical (unpaired) electrons. The number of methoxy groups -OCH3 is 1. The molecule has 176 valence electrons. The van der Waals surface area contributed by atoms with Crippen LogP contribution >= 0.6 is 0 Å². The molecule has 0 aliphatic carbocycles. The van der Waals surface area contributed by atoms with Gasteiger partial charge in [-0.15, -0.1) is 0 Å². The fraction of sp³-hybridized carbons (Fsp3) is 0.440. The van der Waals surface area contributed by atoms with Crippen molar-refractivity contribution in [3.63, 3.8) is 0 Å². The fourth-order valence-corrected chi connectivity index (χ4v) is 3.92. The van der Waals surface area contributed by atoms with Crippen LogP contribution in [0.3, 0.4) is 0 Å². The second kappa shape index (κ2) is 9.21. The van der Waals surface area contributed by atoms with Crippen LogP contribution in [-0.2, 0) is 27.3 Å². The Morgan fingerprint density at radius 2 is 1.82 bits per heavy atom. The van der Waals surface area contributed by atoms with E-state index in [9.17, 15) is 9.59 Å². The Balaban J connectivity index is 1.50. The van der Waals surface area contributed by atoms with Crippen LogP contribution in [0.15, 0.2) is 36.4 Å². The number of ether oxygens (including phenoxy) is 5. The van der Waals surface area contributed by atoms with Gasteiger partial charge in [0.15, 0.2) is 17.5 Å². The normalized spacial score (nSPS) is 17.1. The van der Waals surface area contributed by atoms with Gasteiger partial charge in [-0.05, 0) is 68.1 Å². The lowest BCUT2D eigenvalue weighted by molar-refractivity contribution is -0.147. The standard InChI is InChI=1S/C25H29NO7/c1-25(2,3)33-24(28)26-10-9-17-14-18(6-7-19(17)22(26)23(27)29-4)32-15-16-5-8-20-21(13-16)31-12-11-30-20/h5-8,13-14,22H,9-12,15H2,1-4H3/t22-/m1/s1. The number of rotatable bonds is 4. The number of hydrogen-bond donors (Lipinski definition) is 0. The average molecular weight is 456 g/mol. The molecule has 2 heterocycles. The van der Waals surface area contributed by atoms with E-state index in [-0.39, 0.29) is 0 Å². The number of hydrogen-bond acceptors (Lipinski definition) is 7. The number of carbonyl (C=O) groups is 2. The van der Waals surface area contributed by atoms with Crippen molar-refractivity contribution in [2.45, 2.75) is 45.4 Å². The third kappa shape index (κ3) is 5.16. The van der Waals surface area contributed by atoms with E-state index in [0.717, 1.165) is 22.6 Å². The van der Waals surface area contributed by atoms with Crippen molar-refractivity contribution >= 4 is 12.1 Å². The van der Waals surface area contributed by atoms with Crippen LogP contribution in [0, 0.1) is 0 Å². The van der Waals surface area contributed by atoms with E-state index < -0.39 is 23.7 Å². The zero-order valence-corrected chi connectivity index (χ0v) is 19.4. The highest BCUT2D eigenvalue weighted by atomic mass is 16.6. The molecule has 0 spiro atoms. The number of fused-ring (bicyclic) bond motifs is 2. The molecule has 0 saturated carbocycles. The summed E-state index contributed by atoms with van der Waals surface area (Å²) in [5.41, 5.74) is 1.94. The molecule has 0 unspecified atom stereocenters. The van der Waals surface area contributed by atoms with Gasteiger partial charge in [0.1, 0.15) is 31.2 Å². The van der Waals surface area contributed by atoms with E-state index in [4.69, 9.17) is 23.7 Å². The second-order valence-corrected chi connectivity index (χ2v) is 8.98. The molecule has 0 saturated heterocycles. The molecular weight excluding hydrogens is 426 g/mol. The maximum Gasteiger partial charge on any atom is 0.411 e. The third-order valence-electron chi connectivity index (χ3n) is 5.41. The summed E-state index contributed by atoms with van der Waals surface area (Å²) in [5, 5.41) is 0. The predicted molar refractivity (Wildman–Crippen MR) is 120 cm³/mol. The lowest BCUT2D eigenvalue weighted by atomic mass is 9.92. The first-order valence-electron chi connectivity index (χ1n) is 11.0. The topological polar surface area (TPSA) is 83.5 Å². The molecule has 8 nitrogen and oxygen atoms in total. The van der Waals surface area contributed by atoms with Crippen molar-refractivity contribution in [2.24, 2.45) is 0 Å². The van der Waals surface area contributed by atoms with E-state index in [1.54, 1.807) is 26.8 Å². The number of nitrogens with zero attached hydrogens (tertiary/aromatic N) is 1. The van der Waals surface area contributed by atoms with E-state index in [0.29, 0.717) is 44.1 Å². The van der Waals surface area contributed by atoms with Crippen molar-refractivity contribution < 1.29 is 33.3 Å². The smallest absolute Gasteiger partial charge is 0.411 e. The molecule has 0 aromatic heterocycles. The Morgan fingerprint density at radius 3 is 2.55 bits per heavy atom. The highest BCUT2D eigenvalue weighted by molar-refractivity contribution is 5.84. The average Bonchev–Trinajstić information content (AvgIpc) is 2.80. The summed E-state index contributed by atoms with van der Waals surface area (Å²) in [4.78, 5) is 26.8. The minimum absolute atomic E-state index is 0.341. The lowest BCUT2D eigenvalue weighted by Gasteiger charge is -2.36. The molecule has 1 amide bonds. The van der Waals surface area contributed by atoms with Gasteiger partial charge >= 0.3 is 12.1 Å². The molecule has 0 bridgehead atoms. The van der Waals surface area contributed by atoms with E-state index in [1.165, 1.54) is 12.0 Å². The van der Waals surface area contributed by atoms with Gasteiger partial charge in [-0.3, -0.25) is 4.90 Å². The van der Waals surface area contributed by atoms with Crippen LogP contribution in [0.4, 0.5) is 4.79 Å². The Bertz CT molecular complexity index is 1040. The Labute approximate surface area is 193 Å². The second-order valence-electron chi connectivity index (χ2n) is 8.98. The molecule has 2 aliphatic rings. The largest absolute Gasteiger partial charge is 0.489 e. The van der Waals surface area contributed by atoms with Gasteiger partial charge in [0, 0.05) is 6.54 Å². The van der Waals surface area contributed by atoms with E-state index >= 15 is 0 Å². The van der Waals surface area contributed by atoms with E-state index in [1.807, 2.05) is 30.3 Å². The number of amides is 1. The number of carbonyl (C=O) groups excluding carboxylic acids is 2. The summed E-state index contributed by atoms with van der Waals surface area (Å²) in [6.45, 7) is 7.16. The van der Waals surface area contributed by atoms with Gasteiger partial charge in [-0.2, -0.15) is 0 Å². The molecule has 4 rings (SSSR count). The molecule has 0 N–H and O–H groups in total. The predicted octanol–water partition coefficient (Wildman–Crippen LogP) is 4.04. The van der Waals surface area contributed by atoms with Gasteiger partial charge in [-0.1, -0.05) is 12.1 Å². The Hall–Kier alpha value is -3.42. The molecule has 2 aromatic rings. The van der Waals surface area contributed by atoms with Crippen molar-refractivity contribution in [2.75, 3.05) is 26.9 Å². The van der Waals surface area contributed by atoms with Crippen LogP contribution in [0.5, 0.6) is 17.2 Å². The first-order valence-corrected chi connectivity index (χ1v) is 11.0. The first-order chi connectivity index (χ1) is 15.7. The van der Waals surface area contributed by atoms with Crippen molar-refractivity contribution in [1.29, 1.82) is 0 Å². The number of esters is 1. The Morgan fingerprint density at radius 1 is 1.06 bits per heavy atom.